The first-order chi connectivity index (χ1) is 6.77. The molecule has 2 heteroatoms. The van der Waals surface area contributed by atoms with Gasteiger partial charge in [0.1, 0.15) is 0 Å². The number of aryl methyl sites for hydroxylation is 1. The summed E-state index contributed by atoms with van der Waals surface area (Å²) in [5, 5.41) is 3.60. The number of halogens is 1. The highest BCUT2D eigenvalue weighted by Gasteiger charge is 2.16. The van der Waals surface area contributed by atoms with Gasteiger partial charge in [-0.1, -0.05) is 24.1 Å². The fourth-order valence-corrected chi connectivity index (χ4v) is 2.76. The van der Waals surface area contributed by atoms with E-state index >= 15 is 0 Å². The van der Waals surface area contributed by atoms with Gasteiger partial charge in [-0.15, -0.1) is 0 Å². The van der Waals surface area contributed by atoms with Crippen LogP contribution in [0.3, 0.4) is 0 Å². The molecule has 0 radical (unpaired) electrons. The summed E-state index contributed by atoms with van der Waals surface area (Å²) in [5.41, 5.74) is 2.86. The van der Waals surface area contributed by atoms with E-state index in [4.69, 9.17) is 0 Å². The second-order valence-corrected chi connectivity index (χ2v) is 5.19. The Morgan fingerprint density at radius 2 is 2.21 bits per heavy atom. The van der Waals surface area contributed by atoms with Gasteiger partial charge in [-0.05, 0) is 60.5 Å². The summed E-state index contributed by atoms with van der Waals surface area (Å²) in [6, 6.07) is 7.33. The van der Waals surface area contributed by atoms with E-state index in [0.29, 0.717) is 6.04 Å². The molecule has 0 aliphatic carbocycles. The van der Waals surface area contributed by atoms with Gasteiger partial charge in [0.2, 0.25) is 0 Å². The van der Waals surface area contributed by atoms with Gasteiger partial charge in [0.05, 0.1) is 0 Å². The molecule has 1 aliphatic rings. The molecule has 1 heterocycles. The zero-order valence-electron chi connectivity index (χ0n) is 8.52. The average molecular weight is 301 g/mol. The third-order valence-corrected chi connectivity index (χ3v) is 3.82. The van der Waals surface area contributed by atoms with Crippen molar-refractivity contribution in [1.29, 1.82) is 0 Å². The second-order valence-electron chi connectivity index (χ2n) is 4.03. The first kappa shape index (κ1) is 10.4. The molecule has 1 aromatic carbocycles. The Balaban J connectivity index is 2.24. The molecule has 1 nitrogen and oxygen atoms in total. The molecule has 0 amide bonds. The van der Waals surface area contributed by atoms with Crippen molar-refractivity contribution in [1.82, 2.24) is 5.32 Å². The molecule has 1 fully saturated rings. The molecule has 1 saturated heterocycles. The third kappa shape index (κ3) is 2.28. The van der Waals surface area contributed by atoms with Gasteiger partial charge >= 0.3 is 0 Å². The summed E-state index contributed by atoms with van der Waals surface area (Å²) >= 11 is 2.44. The smallest absolute Gasteiger partial charge is 0.0330 e. The van der Waals surface area contributed by atoms with Gasteiger partial charge in [0.15, 0.2) is 0 Å². The van der Waals surface area contributed by atoms with Crippen LogP contribution >= 0.6 is 22.6 Å². The molecule has 76 valence electrons. The number of hydrogen-bond acceptors (Lipinski definition) is 1. The van der Waals surface area contributed by atoms with Gasteiger partial charge in [-0.2, -0.15) is 0 Å². The third-order valence-electron chi connectivity index (χ3n) is 2.84. The molecule has 2 rings (SSSR count). The van der Waals surface area contributed by atoms with Crippen LogP contribution in [0.1, 0.15) is 36.4 Å². The lowest BCUT2D eigenvalue weighted by atomic mass is 9.96. The minimum absolute atomic E-state index is 0.593. The fraction of sp³-hybridized carbons (Fsp3) is 0.500. The molecule has 1 aliphatic heterocycles. The van der Waals surface area contributed by atoms with Crippen molar-refractivity contribution < 1.29 is 0 Å². The highest BCUT2D eigenvalue weighted by Crippen LogP contribution is 2.27. The molecule has 1 atom stereocenters. The number of nitrogens with one attached hydrogen (secondary N) is 1. The molecule has 0 saturated carbocycles. The van der Waals surface area contributed by atoms with Gasteiger partial charge in [-0.3, -0.25) is 0 Å². The Morgan fingerprint density at radius 1 is 1.36 bits per heavy atom. The van der Waals surface area contributed by atoms with Gasteiger partial charge in [0, 0.05) is 9.61 Å². The summed E-state index contributed by atoms with van der Waals surface area (Å²) in [5.74, 6) is 0. The Labute approximate surface area is 99.4 Å². The van der Waals surface area contributed by atoms with Crippen LogP contribution in [-0.4, -0.2) is 6.54 Å². The van der Waals surface area contributed by atoms with Crippen LogP contribution in [-0.2, 0) is 0 Å². The predicted molar refractivity (Wildman–Crippen MR) is 68.5 cm³/mol. The number of rotatable bonds is 1. The quantitative estimate of drug-likeness (QED) is 0.784. The standard InChI is InChI=1S/C12H16IN/c1-9-5-6-11(13)10(8-9)12-4-2-3-7-14-12/h5-6,8,12,14H,2-4,7H2,1H3. The monoisotopic (exact) mass is 301 g/mol. The topological polar surface area (TPSA) is 12.0 Å². The summed E-state index contributed by atoms with van der Waals surface area (Å²) in [4.78, 5) is 0. The van der Waals surface area contributed by atoms with Crippen molar-refractivity contribution in [2.24, 2.45) is 0 Å². The van der Waals surface area contributed by atoms with Gasteiger partial charge in [-0.25, -0.2) is 0 Å². The first-order valence-electron chi connectivity index (χ1n) is 5.27. The van der Waals surface area contributed by atoms with Crippen LogP contribution in [0, 0.1) is 10.5 Å². The largest absolute Gasteiger partial charge is 0.310 e. The summed E-state index contributed by atoms with van der Waals surface area (Å²) < 4.78 is 1.40. The Kier molecular flexibility index (Phi) is 3.44. The van der Waals surface area contributed by atoms with Crippen LogP contribution in [0.25, 0.3) is 0 Å². The molecule has 14 heavy (non-hydrogen) atoms. The maximum atomic E-state index is 3.60. The van der Waals surface area contributed by atoms with E-state index in [9.17, 15) is 0 Å². The van der Waals surface area contributed by atoms with Crippen molar-refractivity contribution in [2.45, 2.75) is 32.2 Å². The Hall–Kier alpha value is -0.0900. The normalized spacial score (nSPS) is 22.3. The van der Waals surface area contributed by atoms with E-state index in [1.54, 1.807) is 0 Å². The second kappa shape index (κ2) is 4.62. The fourth-order valence-electron chi connectivity index (χ4n) is 2.05. The van der Waals surface area contributed by atoms with E-state index in [1.807, 2.05) is 0 Å². The Morgan fingerprint density at radius 3 is 2.93 bits per heavy atom. The van der Waals surface area contributed by atoms with Crippen LogP contribution < -0.4 is 5.32 Å². The SMILES string of the molecule is Cc1ccc(I)c(C2CCCCN2)c1. The summed E-state index contributed by atoms with van der Waals surface area (Å²) in [6.45, 7) is 3.34. The van der Waals surface area contributed by atoms with Gasteiger partial charge < -0.3 is 5.32 Å². The van der Waals surface area contributed by atoms with Crippen molar-refractivity contribution in [2.75, 3.05) is 6.54 Å². The number of hydrogen-bond donors (Lipinski definition) is 1. The maximum Gasteiger partial charge on any atom is 0.0330 e. The van der Waals surface area contributed by atoms with Crippen molar-refractivity contribution >= 4 is 22.6 Å². The van der Waals surface area contributed by atoms with Crippen LogP contribution in [0.15, 0.2) is 18.2 Å². The molecular formula is C12H16IN. The van der Waals surface area contributed by atoms with Crippen molar-refractivity contribution in [3.63, 3.8) is 0 Å². The van der Waals surface area contributed by atoms with Crippen molar-refractivity contribution in [3.05, 3.63) is 32.9 Å². The minimum atomic E-state index is 0.593. The maximum absolute atomic E-state index is 3.60. The van der Waals surface area contributed by atoms with Crippen LogP contribution in [0.4, 0.5) is 0 Å². The summed E-state index contributed by atoms with van der Waals surface area (Å²) in [6.07, 6.45) is 3.99. The molecule has 0 aromatic heterocycles. The number of benzene rings is 1. The zero-order valence-corrected chi connectivity index (χ0v) is 10.7. The lowest BCUT2D eigenvalue weighted by Crippen LogP contribution is -2.27. The van der Waals surface area contributed by atoms with Crippen LogP contribution in [0.2, 0.25) is 0 Å². The van der Waals surface area contributed by atoms with Crippen LogP contribution in [0.5, 0.6) is 0 Å². The van der Waals surface area contributed by atoms with Crippen molar-refractivity contribution in [3.8, 4) is 0 Å². The Bertz CT molecular complexity index is 316. The van der Waals surface area contributed by atoms with E-state index in [2.05, 4.69) is 53.0 Å². The molecule has 1 unspecified atom stereocenters. The number of piperidine rings is 1. The highest BCUT2D eigenvalue weighted by molar-refractivity contribution is 14.1. The van der Waals surface area contributed by atoms with E-state index < -0.39 is 0 Å². The lowest BCUT2D eigenvalue weighted by Gasteiger charge is -2.25. The molecule has 0 spiro atoms. The van der Waals surface area contributed by atoms with E-state index in [0.717, 1.165) is 0 Å². The van der Waals surface area contributed by atoms with E-state index in [1.165, 1.54) is 40.5 Å². The lowest BCUT2D eigenvalue weighted by molar-refractivity contribution is 0.411. The zero-order chi connectivity index (χ0) is 9.97. The first-order valence-corrected chi connectivity index (χ1v) is 6.34. The van der Waals surface area contributed by atoms with Gasteiger partial charge in [0.25, 0.3) is 0 Å². The predicted octanol–water partition coefficient (Wildman–Crippen LogP) is 3.41. The molecule has 1 N–H and O–H groups in total. The molecule has 0 bridgehead atoms. The summed E-state index contributed by atoms with van der Waals surface area (Å²) in [7, 11) is 0. The average Bonchev–Trinajstić information content (AvgIpc) is 2.23. The molecular weight excluding hydrogens is 285 g/mol. The highest BCUT2D eigenvalue weighted by atomic mass is 127. The minimum Gasteiger partial charge on any atom is -0.310 e. The van der Waals surface area contributed by atoms with E-state index in [-0.39, 0.29) is 0 Å². The molecule has 1 aromatic rings.